The van der Waals surface area contributed by atoms with Crippen LogP contribution in [0.3, 0.4) is 0 Å². The maximum atomic E-state index is 11.8. The Hall–Kier alpha value is -0.280. The predicted octanol–water partition coefficient (Wildman–Crippen LogP) is 2.10. The van der Waals surface area contributed by atoms with E-state index in [0.717, 1.165) is 31.8 Å². The van der Waals surface area contributed by atoms with E-state index in [1.807, 2.05) is 0 Å². The van der Waals surface area contributed by atoms with Crippen LogP contribution in [0.2, 0.25) is 0 Å². The second kappa shape index (κ2) is 7.22. The van der Waals surface area contributed by atoms with Gasteiger partial charge in [-0.1, -0.05) is 19.8 Å². The first-order valence-corrected chi connectivity index (χ1v) is 6.74. The van der Waals surface area contributed by atoms with Crippen LogP contribution in [0.4, 0.5) is 0 Å². The predicted molar refractivity (Wildman–Crippen MR) is 72.4 cm³/mol. The molecular weight excluding hydrogens is 236 g/mol. The lowest BCUT2D eigenvalue weighted by atomic mass is 9.81. The van der Waals surface area contributed by atoms with Crippen molar-refractivity contribution < 1.29 is 4.79 Å². The highest BCUT2D eigenvalue weighted by Gasteiger charge is 2.23. The number of hydrogen-bond acceptors (Lipinski definition) is 2. The van der Waals surface area contributed by atoms with Gasteiger partial charge >= 0.3 is 0 Å². The molecule has 2 aliphatic rings. The molecule has 2 N–H and O–H groups in total. The molecule has 0 aromatic carbocycles. The second-order valence-corrected chi connectivity index (χ2v) is 5.60. The SMILES string of the molecule is CC1CCCC(CC(=O)NC2CCNC2)C1.Cl. The van der Waals surface area contributed by atoms with Gasteiger partial charge in [-0.2, -0.15) is 0 Å². The Bertz CT molecular complexity index is 242. The topological polar surface area (TPSA) is 41.1 Å². The largest absolute Gasteiger partial charge is 0.352 e. The highest BCUT2D eigenvalue weighted by atomic mass is 35.5. The van der Waals surface area contributed by atoms with Gasteiger partial charge in [0.05, 0.1) is 0 Å². The van der Waals surface area contributed by atoms with Crippen molar-refractivity contribution >= 4 is 18.3 Å². The second-order valence-electron chi connectivity index (χ2n) is 5.60. The minimum Gasteiger partial charge on any atom is -0.352 e. The molecule has 0 aromatic rings. The van der Waals surface area contributed by atoms with Gasteiger partial charge in [-0.3, -0.25) is 4.79 Å². The quantitative estimate of drug-likeness (QED) is 0.816. The Morgan fingerprint density at radius 3 is 2.82 bits per heavy atom. The van der Waals surface area contributed by atoms with Gasteiger partial charge in [0.1, 0.15) is 0 Å². The molecule has 1 aliphatic heterocycles. The smallest absolute Gasteiger partial charge is 0.220 e. The Kier molecular flexibility index (Phi) is 6.28. The zero-order chi connectivity index (χ0) is 11.4. The van der Waals surface area contributed by atoms with Crippen molar-refractivity contribution in [3.8, 4) is 0 Å². The monoisotopic (exact) mass is 260 g/mol. The first-order chi connectivity index (χ1) is 7.74. The summed E-state index contributed by atoms with van der Waals surface area (Å²) in [6.07, 6.45) is 7.00. The summed E-state index contributed by atoms with van der Waals surface area (Å²) in [5, 5.41) is 6.41. The molecule has 0 radical (unpaired) electrons. The van der Waals surface area contributed by atoms with Crippen LogP contribution in [0.5, 0.6) is 0 Å². The molecule has 4 heteroatoms. The maximum Gasteiger partial charge on any atom is 0.220 e. The molecule has 0 bridgehead atoms. The molecule has 0 spiro atoms. The van der Waals surface area contributed by atoms with Crippen LogP contribution >= 0.6 is 12.4 Å². The molecule has 1 saturated carbocycles. The van der Waals surface area contributed by atoms with Crippen molar-refractivity contribution in [2.24, 2.45) is 11.8 Å². The van der Waals surface area contributed by atoms with E-state index in [1.54, 1.807) is 0 Å². The number of carbonyl (C=O) groups excluding carboxylic acids is 1. The zero-order valence-electron chi connectivity index (χ0n) is 10.7. The molecule has 17 heavy (non-hydrogen) atoms. The van der Waals surface area contributed by atoms with E-state index < -0.39 is 0 Å². The first kappa shape index (κ1) is 14.8. The van der Waals surface area contributed by atoms with Gasteiger partial charge in [0, 0.05) is 19.0 Å². The van der Waals surface area contributed by atoms with Crippen LogP contribution in [0.15, 0.2) is 0 Å². The molecule has 1 heterocycles. The highest BCUT2D eigenvalue weighted by Crippen LogP contribution is 2.30. The fourth-order valence-electron chi connectivity index (χ4n) is 3.07. The number of rotatable bonds is 3. The van der Waals surface area contributed by atoms with Crippen molar-refractivity contribution in [1.82, 2.24) is 10.6 Å². The van der Waals surface area contributed by atoms with Gasteiger partial charge in [0.2, 0.25) is 5.91 Å². The highest BCUT2D eigenvalue weighted by molar-refractivity contribution is 5.85. The summed E-state index contributed by atoms with van der Waals surface area (Å²) < 4.78 is 0. The van der Waals surface area contributed by atoms with Gasteiger partial charge in [-0.05, 0) is 37.6 Å². The molecule has 0 aromatic heterocycles. The van der Waals surface area contributed by atoms with Crippen molar-refractivity contribution in [3.63, 3.8) is 0 Å². The van der Waals surface area contributed by atoms with E-state index in [1.165, 1.54) is 25.7 Å². The Morgan fingerprint density at radius 1 is 1.35 bits per heavy atom. The number of carbonyl (C=O) groups is 1. The van der Waals surface area contributed by atoms with Crippen LogP contribution in [-0.2, 0) is 4.79 Å². The summed E-state index contributed by atoms with van der Waals surface area (Å²) in [6, 6.07) is 0.383. The zero-order valence-corrected chi connectivity index (χ0v) is 11.5. The van der Waals surface area contributed by atoms with E-state index in [2.05, 4.69) is 17.6 Å². The van der Waals surface area contributed by atoms with E-state index in [0.29, 0.717) is 12.0 Å². The Balaban J connectivity index is 0.00000144. The van der Waals surface area contributed by atoms with Gasteiger partial charge in [-0.15, -0.1) is 12.4 Å². The van der Waals surface area contributed by atoms with Crippen LogP contribution in [0, 0.1) is 11.8 Å². The molecule has 3 unspecified atom stereocenters. The van der Waals surface area contributed by atoms with Crippen LogP contribution < -0.4 is 10.6 Å². The summed E-state index contributed by atoms with van der Waals surface area (Å²) in [4.78, 5) is 11.8. The minimum absolute atomic E-state index is 0. The third-order valence-electron chi connectivity index (χ3n) is 3.94. The Labute approximate surface area is 111 Å². The van der Waals surface area contributed by atoms with E-state index >= 15 is 0 Å². The summed E-state index contributed by atoms with van der Waals surface area (Å²) in [5.74, 6) is 1.73. The summed E-state index contributed by atoms with van der Waals surface area (Å²) >= 11 is 0. The van der Waals surface area contributed by atoms with E-state index in [-0.39, 0.29) is 18.3 Å². The van der Waals surface area contributed by atoms with Crippen LogP contribution in [-0.4, -0.2) is 25.0 Å². The summed E-state index contributed by atoms with van der Waals surface area (Å²) in [6.45, 7) is 4.31. The van der Waals surface area contributed by atoms with E-state index in [4.69, 9.17) is 0 Å². The van der Waals surface area contributed by atoms with Crippen molar-refractivity contribution in [1.29, 1.82) is 0 Å². The summed E-state index contributed by atoms with van der Waals surface area (Å²) in [7, 11) is 0. The fourth-order valence-corrected chi connectivity index (χ4v) is 3.07. The van der Waals surface area contributed by atoms with Crippen LogP contribution in [0.25, 0.3) is 0 Å². The number of halogens is 1. The number of nitrogens with one attached hydrogen (secondary N) is 2. The van der Waals surface area contributed by atoms with Crippen LogP contribution in [0.1, 0.15) is 45.4 Å². The van der Waals surface area contributed by atoms with E-state index in [9.17, 15) is 4.79 Å². The third-order valence-corrected chi connectivity index (χ3v) is 3.94. The molecule has 2 fully saturated rings. The normalized spacial score (nSPS) is 32.9. The van der Waals surface area contributed by atoms with Gasteiger partial charge < -0.3 is 10.6 Å². The lowest BCUT2D eigenvalue weighted by molar-refractivity contribution is -0.122. The minimum atomic E-state index is 0. The average molecular weight is 261 g/mol. The molecule has 3 nitrogen and oxygen atoms in total. The van der Waals surface area contributed by atoms with Crippen molar-refractivity contribution in [3.05, 3.63) is 0 Å². The standard InChI is InChI=1S/C13H24N2O.ClH/c1-10-3-2-4-11(7-10)8-13(16)15-12-5-6-14-9-12;/h10-12,14H,2-9H2,1H3,(H,15,16);1H. The van der Waals surface area contributed by atoms with Crippen molar-refractivity contribution in [2.75, 3.05) is 13.1 Å². The Morgan fingerprint density at radius 2 is 2.18 bits per heavy atom. The molecular formula is C13H25ClN2O. The van der Waals surface area contributed by atoms with Gasteiger partial charge in [0.15, 0.2) is 0 Å². The molecule has 100 valence electrons. The van der Waals surface area contributed by atoms with Gasteiger partial charge in [0.25, 0.3) is 0 Å². The molecule has 1 amide bonds. The number of hydrogen-bond donors (Lipinski definition) is 2. The lowest BCUT2D eigenvalue weighted by Crippen LogP contribution is -2.37. The molecule has 1 aliphatic carbocycles. The fraction of sp³-hybridized carbons (Fsp3) is 0.923. The maximum absolute atomic E-state index is 11.8. The lowest BCUT2D eigenvalue weighted by Gasteiger charge is -2.26. The third kappa shape index (κ3) is 4.84. The average Bonchev–Trinajstić information content (AvgIpc) is 2.70. The first-order valence-electron chi connectivity index (χ1n) is 6.74. The number of amides is 1. The molecule has 1 saturated heterocycles. The molecule has 2 rings (SSSR count). The van der Waals surface area contributed by atoms with Crippen molar-refractivity contribution in [2.45, 2.75) is 51.5 Å². The molecule has 3 atom stereocenters. The summed E-state index contributed by atoms with van der Waals surface area (Å²) in [5.41, 5.74) is 0. The van der Waals surface area contributed by atoms with Gasteiger partial charge in [-0.25, -0.2) is 0 Å².